The summed E-state index contributed by atoms with van der Waals surface area (Å²) < 4.78 is 5.46. The van der Waals surface area contributed by atoms with E-state index in [4.69, 9.17) is 4.74 Å². The van der Waals surface area contributed by atoms with Crippen molar-refractivity contribution in [3.05, 3.63) is 28.8 Å². The van der Waals surface area contributed by atoms with Gasteiger partial charge in [-0.2, -0.15) is 0 Å². The first-order valence-electron chi connectivity index (χ1n) is 7.69. The Bertz CT molecular complexity index is 469. The molecule has 0 aromatic heterocycles. The van der Waals surface area contributed by atoms with Crippen molar-refractivity contribution < 1.29 is 4.74 Å². The predicted molar refractivity (Wildman–Crippen MR) is 82.3 cm³/mol. The zero-order valence-electron chi connectivity index (χ0n) is 13.0. The molecule has 1 N–H and O–H groups in total. The number of likely N-dealkylation sites (tertiary alicyclic amines) is 1. The molecule has 3 heteroatoms. The Labute approximate surface area is 122 Å². The van der Waals surface area contributed by atoms with Crippen LogP contribution in [0.5, 0.6) is 5.75 Å². The molecule has 2 heterocycles. The van der Waals surface area contributed by atoms with E-state index >= 15 is 0 Å². The van der Waals surface area contributed by atoms with Crippen molar-refractivity contribution >= 4 is 0 Å². The van der Waals surface area contributed by atoms with E-state index in [2.05, 4.69) is 36.2 Å². The molecule has 1 unspecified atom stereocenters. The fourth-order valence-corrected chi connectivity index (χ4v) is 4.02. The van der Waals surface area contributed by atoms with Gasteiger partial charge in [0.1, 0.15) is 5.75 Å². The van der Waals surface area contributed by atoms with Crippen LogP contribution in [-0.2, 0) is 6.54 Å². The molecule has 0 amide bonds. The van der Waals surface area contributed by atoms with Crippen molar-refractivity contribution in [1.29, 1.82) is 0 Å². The summed E-state index contributed by atoms with van der Waals surface area (Å²) >= 11 is 0. The Morgan fingerprint density at radius 2 is 2.00 bits per heavy atom. The number of methoxy groups -OCH3 is 1. The molecular formula is C17H26N2O. The molecule has 1 atom stereocenters. The highest BCUT2D eigenvalue weighted by Gasteiger charge is 2.39. The third kappa shape index (κ3) is 2.57. The van der Waals surface area contributed by atoms with Gasteiger partial charge in [-0.25, -0.2) is 0 Å². The molecule has 0 saturated carbocycles. The van der Waals surface area contributed by atoms with Gasteiger partial charge >= 0.3 is 0 Å². The van der Waals surface area contributed by atoms with Crippen LogP contribution in [0.2, 0.25) is 0 Å². The van der Waals surface area contributed by atoms with Crippen LogP contribution >= 0.6 is 0 Å². The molecule has 2 fully saturated rings. The maximum atomic E-state index is 5.46. The average Bonchev–Trinajstić information content (AvgIpc) is 3.00. The van der Waals surface area contributed by atoms with Gasteiger partial charge in [0.05, 0.1) is 7.11 Å². The van der Waals surface area contributed by atoms with Gasteiger partial charge in [0.25, 0.3) is 0 Å². The second-order valence-electron chi connectivity index (χ2n) is 6.65. The molecule has 1 aromatic rings. The summed E-state index contributed by atoms with van der Waals surface area (Å²) in [6, 6.07) is 4.56. The summed E-state index contributed by atoms with van der Waals surface area (Å²) in [5, 5.41) is 3.53. The Balaban J connectivity index is 1.70. The van der Waals surface area contributed by atoms with Crippen LogP contribution in [0, 0.1) is 19.3 Å². The van der Waals surface area contributed by atoms with Gasteiger partial charge in [0.2, 0.25) is 0 Å². The predicted octanol–water partition coefficient (Wildman–Crippen LogP) is 2.50. The molecule has 3 nitrogen and oxygen atoms in total. The molecule has 0 bridgehead atoms. The number of rotatable bonds is 3. The van der Waals surface area contributed by atoms with E-state index < -0.39 is 0 Å². The minimum absolute atomic E-state index is 0.566. The van der Waals surface area contributed by atoms with E-state index in [9.17, 15) is 0 Å². The minimum Gasteiger partial charge on any atom is -0.496 e. The van der Waals surface area contributed by atoms with E-state index in [1.165, 1.54) is 55.7 Å². The van der Waals surface area contributed by atoms with Crippen molar-refractivity contribution in [3.8, 4) is 5.75 Å². The second kappa shape index (κ2) is 5.38. The topological polar surface area (TPSA) is 24.5 Å². The zero-order valence-corrected chi connectivity index (χ0v) is 13.0. The quantitative estimate of drug-likeness (QED) is 0.916. The van der Waals surface area contributed by atoms with Gasteiger partial charge in [-0.3, -0.25) is 4.90 Å². The van der Waals surface area contributed by atoms with Crippen LogP contribution in [0.1, 0.15) is 29.5 Å². The summed E-state index contributed by atoms with van der Waals surface area (Å²) in [4.78, 5) is 2.62. The molecule has 3 rings (SSSR count). The van der Waals surface area contributed by atoms with Gasteiger partial charge in [0.15, 0.2) is 0 Å². The van der Waals surface area contributed by atoms with Crippen molar-refractivity contribution in [2.24, 2.45) is 5.41 Å². The van der Waals surface area contributed by atoms with Crippen LogP contribution in [0.4, 0.5) is 0 Å². The lowest BCUT2D eigenvalue weighted by molar-refractivity contribution is 0.268. The third-order valence-electron chi connectivity index (χ3n) is 4.98. The normalized spacial score (nSPS) is 26.6. The first-order chi connectivity index (χ1) is 9.62. The van der Waals surface area contributed by atoms with E-state index in [1.807, 2.05) is 0 Å². The zero-order chi connectivity index (χ0) is 14.2. The van der Waals surface area contributed by atoms with Gasteiger partial charge in [0, 0.05) is 19.6 Å². The highest BCUT2D eigenvalue weighted by molar-refractivity contribution is 5.43. The molecule has 20 heavy (non-hydrogen) atoms. The lowest BCUT2D eigenvalue weighted by atomic mass is 9.86. The van der Waals surface area contributed by atoms with E-state index in [1.54, 1.807) is 7.11 Å². The SMILES string of the molecule is COc1c(C)cc(CN2CCC3(CCNC3)C2)cc1C. The molecule has 2 aliphatic heterocycles. The highest BCUT2D eigenvalue weighted by atomic mass is 16.5. The molecular weight excluding hydrogens is 248 g/mol. The average molecular weight is 274 g/mol. The molecule has 2 saturated heterocycles. The van der Waals surface area contributed by atoms with Crippen molar-refractivity contribution in [2.75, 3.05) is 33.3 Å². The standard InChI is InChI=1S/C17H26N2O/c1-13-8-15(9-14(2)16(13)20-3)10-19-7-5-17(12-19)4-6-18-11-17/h8-9,18H,4-7,10-12H2,1-3H3. The van der Waals surface area contributed by atoms with E-state index in [0.29, 0.717) is 5.41 Å². The molecule has 0 radical (unpaired) electrons. The Hall–Kier alpha value is -1.06. The number of ether oxygens (including phenoxy) is 1. The van der Waals surface area contributed by atoms with Crippen LogP contribution in [0.3, 0.4) is 0 Å². The number of nitrogens with one attached hydrogen (secondary N) is 1. The van der Waals surface area contributed by atoms with Crippen molar-refractivity contribution in [1.82, 2.24) is 10.2 Å². The summed E-state index contributed by atoms with van der Waals surface area (Å²) in [5.74, 6) is 1.03. The van der Waals surface area contributed by atoms with Gasteiger partial charge < -0.3 is 10.1 Å². The maximum Gasteiger partial charge on any atom is 0.124 e. The van der Waals surface area contributed by atoms with Crippen LogP contribution in [0.15, 0.2) is 12.1 Å². The van der Waals surface area contributed by atoms with E-state index in [0.717, 1.165) is 12.3 Å². The minimum atomic E-state index is 0.566. The fourth-order valence-electron chi connectivity index (χ4n) is 4.02. The molecule has 1 spiro atoms. The van der Waals surface area contributed by atoms with E-state index in [-0.39, 0.29) is 0 Å². The lowest BCUT2D eigenvalue weighted by Gasteiger charge is -2.23. The summed E-state index contributed by atoms with van der Waals surface area (Å²) in [6.45, 7) is 10.3. The largest absolute Gasteiger partial charge is 0.496 e. The first kappa shape index (κ1) is 13.9. The maximum absolute atomic E-state index is 5.46. The number of benzene rings is 1. The number of hydrogen-bond acceptors (Lipinski definition) is 3. The second-order valence-corrected chi connectivity index (χ2v) is 6.65. The summed E-state index contributed by atoms with van der Waals surface area (Å²) in [6.07, 6.45) is 2.71. The highest BCUT2D eigenvalue weighted by Crippen LogP contribution is 2.37. The fraction of sp³-hybridized carbons (Fsp3) is 0.647. The molecule has 2 aliphatic rings. The number of hydrogen-bond donors (Lipinski definition) is 1. The van der Waals surface area contributed by atoms with Crippen molar-refractivity contribution in [2.45, 2.75) is 33.2 Å². The smallest absolute Gasteiger partial charge is 0.124 e. The van der Waals surface area contributed by atoms with Gasteiger partial charge in [-0.15, -0.1) is 0 Å². The number of aryl methyl sites for hydroxylation is 2. The van der Waals surface area contributed by atoms with Gasteiger partial charge in [-0.05, 0) is 61.9 Å². The molecule has 0 aliphatic carbocycles. The summed E-state index contributed by atoms with van der Waals surface area (Å²) in [5.41, 5.74) is 4.48. The van der Waals surface area contributed by atoms with Crippen LogP contribution in [-0.4, -0.2) is 38.2 Å². The van der Waals surface area contributed by atoms with Crippen molar-refractivity contribution in [3.63, 3.8) is 0 Å². The van der Waals surface area contributed by atoms with Gasteiger partial charge in [-0.1, -0.05) is 12.1 Å². The lowest BCUT2D eigenvalue weighted by Crippen LogP contribution is -2.29. The van der Waals surface area contributed by atoms with Crippen LogP contribution in [0.25, 0.3) is 0 Å². The Kier molecular flexibility index (Phi) is 3.74. The third-order valence-corrected chi connectivity index (χ3v) is 4.98. The monoisotopic (exact) mass is 274 g/mol. The summed E-state index contributed by atoms with van der Waals surface area (Å²) in [7, 11) is 1.76. The molecule has 110 valence electrons. The first-order valence-corrected chi connectivity index (χ1v) is 7.69. The number of nitrogens with zero attached hydrogens (tertiary/aromatic N) is 1. The van der Waals surface area contributed by atoms with Crippen LogP contribution < -0.4 is 10.1 Å². The Morgan fingerprint density at radius 3 is 2.60 bits per heavy atom. The molecule has 1 aromatic carbocycles. The Morgan fingerprint density at radius 1 is 1.25 bits per heavy atom.